The zero-order valence-corrected chi connectivity index (χ0v) is 11.9. The first-order chi connectivity index (χ1) is 9.39. The Balaban J connectivity index is 2.46. The van der Waals surface area contributed by atoms with Crippen LogP contribution in [0.15, 0.2) is 23.1 Å². The molecule has 1 heterocycles. The maximum absolute atomic E-state index is 13.7. The van der Waals surface area contributed by atoms with Crippen molar-refractivity contribution in [1.82, 2.24) is 4.31 Å². The van der Waals surface area contributed by atoms with Crippen LogP contribution >= 0.6 is 0 Å². The fraction of sp³-hybridized carbons (Fsp3) is 0.538. The molecule has 0 bridgehead atoms. The van der Waals surface area contributed by atoms with E-state index in [1.54, 1.807) is 0 Å². The summed E-state index contributed by atoms with van der Waals surface area (Å²) in [4.78, 5) is -0.676. The molecule has 0 amide bonds. The highest BCUT2D eigenvalue weighted by Gasteiger charge is 2.38. The van der Waals surface area contributed by atoms with Crippen molar-refractivity contribution in [2.45, 2.75) is 30.7 Å². The van der Waals surface area contributed by atoms with Gasteiger partial charge < -0.3 is 5.11 Å². The van der Waals surface area contributed by atoms with E-state index in [4.69, 9.17) is 0 Å². The maximum atomic E-state index is 13.7. The van der Waals surface area contributed by atoms with Gasteiger partial charge in [0, 0.05) is 6.54 Å². The standard InChI is InChI=1S/C13H17F2NO3S/c1-9-4-3-7-16(11(9)8-17)20(18,19)12-6-2-5-10(14)13(12)15/h2,5-6,9,11,17H,3-4,7-8H2,1H3. The quantitative estimate of drug-likeness (QED) is 0.925. The van der Waals surface area contributed by atoms with E-state index in [1.165, 1.54) is 0 Å². The second kappa shape index (κ2) is 5.75. The Hall–Kier alpha value is -1.05. The van der Waals surface area contributed by atoms with Crippen molar-refractivity contribution in [3.05, 3.63) is 29.8 Å². The zero-order valence-electron chi connectivity index (χ0n) is 11.1. The van der Waals surface area contributed by atoms with Crippen molar-refractivity contribution in [1.29, 1.82) is 0 Å². The van der Waals surface area contributed by atoms with E-state index >= 15 is 0 Å². The SMILES string of the molecule is CC1CCCN(S(=O)(=O)c2cccc(F)c2F)C1CO. The van der Waals surface area contributed by atoms with Crippen molar-refractivity contribution in [2.24, 2.45) is 5.92 Å². The molecular formula is C13H17F2NO3S. The molecule has 2 rings (SSSR count). The smallest absolute Gasteiger partial charge is 0.246 e. The topological polar surface area (TPSA) is 57.6 Å². The molecule has 2 atom stereocenters. The second-order valence-electron chi connectivity index (χ2n) is 5.04. The number of nitrogens with zero attached hydrogens (tertiary/aromatic N) is 1. The molecular weight excluding hydrogens is 288 g/mol. The van der Waals surface area contributed by atoms with Crippen LogP contribution in [0.3, 0.4) is 0 Å². The lowest BCUT2D eigenvalue weighted by Crippen LogP contribution is -2.49. The van der Waals surface area contributed by atoms with E-state index in [-0.39, 0.29) is 19.1 Å². The largest absolute Gasteiger partial charge is 0.395 e. The highest BCUT2D eigenvalue weighted by molar-refractivity contribution is 7.89. The minimum Gasteiger partial charge on any atom is -0.395 e. The van der Waals surface area contributed by atoms with Crippen LogP contribution in [-0.2, 0) is 10.0 Å². The zero-order chi connectivity index (χ0) is 14.9. The summed E-state index contributed by atoms with van der Waals surface area (Å²) in [6, 6.07) is 2.47. The Labute approximate surface area is 117 Å². The molecule has 112 valence electrons. The van der Waals surface area contributed by atoms with E-state index in [1.807, 2.05) is 6.92 Å². The van der Waals surface area contributed by atoms with Gasteiger partial charge in [-0.15, -0.1) is 0 Å². The highest BCUT2D eigenvalue weighted by Crippen LogP contribution is 2.30. The monoisotopic (exact) mass is 305 g/mol. The first kappa shape index (κ1) is 15.3. The first-order valence-electron chi connectivity index (χ1n) is 6.46. The van der Waals surface area contributed by atoms with E-state index in [9.17, 15) is 22.3 Å². The van der Waals surface area contributed by atoms with Gasteiger partial charge in [0.1, 0.15) is 4.90 Å². The van der Waals surface area contributed by atoms with E-state index in [2.05, 4.69) is 0 Å². The van der Waals surface area contributed by atoms with Gasteiger partial charge in [-0.3, -0.25) is 0 Å². The maximum Gasteiger partial charge on any atom is 0.246 e. The number of halogens is 2. The van der Waals surface area contributed by atoms with E-state index in [0.717, 1.165) is 28.9 Å². The molecule has 1 aromatic rings. The number of benzene rings is 1. The van der Waals surface area contributed by atoms with Crippen LogP contribution in [0.2, 0.25) is 0 Å². The third-order valence-corrected chi connectivity index (χ3v) is 5.70. The predicted octanol–water partition coefficient (Wildman–Crippen LogP) is 1.75. The molecule has 1 N–H and O–H groups in total. The van der Waals surface area contributed by atoms with Crippen LogP contribution < -0.4 is 0 Å². The van der Waals surface area contributed by atoms with Gasteiger partial charge >= 0.3 is 0 Å². The summed E-state index contributed by atoms with van der Waals surface area (Å²) in [6.45, 7) is 1.70. The molecule has 1 aliphatic heterocycles. The number of aliphatic hydroxyl groups is 1. The van der Waals surface area contributed by atoms with Crippen molar-refractivity contribution >= 4 is 10.0 Å². The summed E-state index contributed by atoms with van der Waals surface area (Å²) in [6.07, 6.45) is 1.43. The van der Waals surface area contributed by atoms with E-state index in [0.29, 0.717) is 6.42 Å². The Bertz CT molecular complexity index is 591. The lowest BCUT2D eigenvalue weighted by Gasteiger charge is -2.37. The van der Waals surface area contributed by atoms with Crippen LogP contribution in [-0.4, -0.2) is 37.0 Å². The number of sulfonamides is 1. The molecule has 0 radical (unpaired) electrons. The lowest BCUT2D eigenvalue weighted by molar-refractivity contribution is 0.113. The summed E-state index contributed by atoms with van der Waals surface area (Å²) < 4.78 is 53.0. The number of hydrogen-bond donors (Lipinski definition) is 1. The summed E-state index contributed by atoms with van der Waals surface area (Å²) >= 11 is 0. The molecule has 2 unspecified atom stereocenters. The first-order valence-corrected chi connectivity index (χ1v) is 7.90. The van der Waals surface area contributed by atoms with Gasteiger partial charge in [-0.1, -0.05) is 13.0 Å². The summed E-state index contributed by atoms with van der Waals surface area (Å²) in [5.74, 6) is -2.60. The Morgan fingerprint density at radius 1 is 1.40 bits per heavy atom. The Morgan fingerprint density at radius 3 is 2.75 bits per heavy atom. The Morgan fingerprint density at radius 2 is 2.10 bits per heavy atom. The van der Waals surface area contributed by atoms with Crippen molar-refractivity contribution < 1.29 is 22.3 Å². The van der Waals surface area contributed by atoms with E-state index < -0.39 is 32.6 Å². The molecule has 1 aromatic carbocycles. The van der Waals surface area contributed by atoms with Crippen LogP contribution in [0.1, 0.15) is 19.8 Å². The van der Waals surface area contributed by atoms with Gasteiger partial charge in [0.15, 0.2) is 11.6 Å². The van der Waals surface area contributed by atoms with Gasteiger partial charge in [0.05, 0.1) is 12.6 Å². The third kappa shape index (κ3) is 2.57. The average Bonchev–Trinajstić information content (AvgIpc) is 2.41. The van der Waals surface area contributed by atoms with Crippen molar-refractivity contribution in [3.8, 4) is 0 Å². The van der Waals surface area contributed by atoms with Crippen LogP contribution in [0.25, 0.3) is 0 Å². The van der Waals surface area contributed by atoms with Crippen LogP contribution in [0.4, 0.5) is 8.78 Å². The molecule has 0 saturated carbocycles. The van der Waals surface area contributed by atoms with Gasteiger partial charge in [-0.05, 0) is 30.9 Å². The summed E-state index contributed by atoms with van der Waals surface area (Å²) in [5, 5.41) is 9.39. The molecule has 7 heteroatoms. The number of rotatable bonds is 3. The summed E-state index contributed by atoms with van der Waals surface area (Å²) in [5.41, 5.74) is 0. The van der Waals surface area contributed by atoms with Gasteiger partial charge in [0.2, 0.25) is 10.0 Å². The molecule has 4 nitrogen and oxygen atoms in total. The average molecular weight is 305 g/mol. The van der Waals surface area contributed by atoms with Crippen molar-refractivity contribution in [3.63, 3.8) is 0 Å². The van der Waals surface area contributed by atoms with Gasteiger partial charge in [-0.25, -0.2) is 17.2 Å². The predicted molar refractivity (Wildman–Crippen MR) is 69.5 cm³/mol. The molecule has 0 spiro atoms. The number of piperidine rings is 1. The van der Waals surface area contributed by atoms with Crippen LogP contribution in [0, 0.1) is 17.6 Å². The number of aliphatic hydroxyl groups excluding tert-OH is 1. The second-order valence-corrected chi connectivity index (χ2v) is 6.90. The fourth-order valence-electron chi connectivity index (χ4n) is 2.59. The van der Waals surface area contributed by atoms with Crippen molar-refractivity contribution in [2.75, 3.05) is 13.2 Å². The molecule has 1 fully saturated rings. The van der Waals surface area contributed by atoms with Gasteiger partial charge in [0.25, 0.3) is 0 Å². The van der Waals surface area contributed by atoms with Gasteiger partial charge in [-0.2, -0.15) is 4.31 Å². The molecule has 1 saturated heterocycles. The third-order valence-electron chi connectivity index (χ3n) is 3.75. The normalized spacial score (nSPS) is 24.8. The number of hydrogen-bond acceptors (Lipinski definition) is 3. The minimum atomic E-state index is -4.15. The Kier molecular flexibility index (Phi) is 4.41. The highest BCUT2D eigenvalue weighted by atomic mass is 32.2. The summed E-state index contributed by atoms with van der Waals surface area (Å²) in [7, 11) is -4.15. The minimum absolute atomic E-state index is 0.0276. The molecule has 1 aliphatic rings. The fourth-order valence-corrected chi connectivity index (χ4v) is 4.42. The lowest BCUT2D eigenvalue weighted by atomic mass is 9.93. The van der Waals surface area contributed by atoms with Crippen LogP contribution in [0.5, 0.6) is 0 Å². The molecule has 20 heavy (non-hydrogen) atoms. The molecule has 0 aliphatic carbocycles. The molecule has 0 aromatic heterocycles.